The Bertz CT molecular complexity index is 509. The van der Waals surface area contributed by atoms with Crippen LogP contribution < -0.4 is 10.1 Å². The van der Waals surface area contributed by atoms with Crippen molar-refractivity contribution >= 4 is 5.69 Å². The summed E-state index contributed by atoms with van der Waals surface area (Å²) in [4.78, 5) is 4.53. The van der Waals surface area contributed by atoms with Crippen LogP contribution in [0.1, 0.15) is 0 Å². The second kappa shape index (κ2) is 4.09. The van der Waals surface area contributed by atoms with Crippen LogP contribution in [0.4, 0.5) is 5.69 Å². The van der Waals surface area contributed by atoms with E-state index in [1.54, 1.807) is 0 Å². The number of pyridine rings is 2. The molecule has 0 N–H and O–H groups in total. The monoisotopic (exact) mass is 200 g/mol. The highest BCUT2D eigenvalue weighted by Gasteiger charge is 1.93. The maximum absolute atomic E-state index is 4.53. The van der Waals surface area contributed by atoms with Crippen molar-refractivity contribution in [2.24, 2.45) is 19.1 Å². The van der Waals surface area contributed by atoms with Crippen molar-refractivity contribution in [2.75, 3.05) is 0 Å². The lowest BCUT2D eigenvalue weighted by molar-refractivity contribution is -0.671. The van der Waals surface area contributed by atoms with Crippen molar-refractivity contribution in [2.45, 2.75) is 0 Å². The Morgan fingerprint density at radius 1 is 1.13 bits per heavy atom. The number of hydrogen-bond donors (Lipinski definition) is 0. The molecule has 2 heterocycles. The topological polar surface area (TPSA) is 21.2 Å². The molecular weight excluding hydrogens is 186 g/mol. The van der Waals surface area contributed by atoms with Crippen LogP contribution >= 0.6 is 0 Å². The molecule has 0 bridgehead atoms. The first-order valence-corrected chi connectivity index (χ1v) is 4.87. The second-order valence-electron chi connectivity index (χ2n) is 3.50. The molecule has 0 aliphatic rings. The van der Waals surface area contributed by atoms with Crippen LogP contribution in [0.15, 0.2) is 53.9 Å². The minimum absolute atomic E-state index is 0.950. The van der Waals surface area contributed by atoms with Crippen LogP contribution in [0.5, 0.6) is 0 Å². The molecule has 0 spiro atoms. The van der Waals surface area contributed by atoms with Gasteiger partial charge in [0.2, 0.25) is 0 Å². The van der Waals surface area contributed by atoms with Gasteiger partial charge in [-0.05, 0) is 12.1 Å². The molecule has 2 aromatic rings. The standard InChI is InChI=1S/C12H14N3/c1-14-9-6-11(7-10-14)13-12-5-3-4-8-15(12)2/h3-10H,1-2H3/q+1. The molecular formula is C12H14N3+. The average Bonchev–Trinajstić information content (AvgIpc) is 2.25. The Labute approximate surface area is 89.0 Å². The first kappa shape index (κ1) is 9.65. The van der Waals surface area contributed by atoms with Gasteiger partial charge in [-0.3, -0.25) is 0 Å². The van der Waals surface area contributed by atoms with Gasteiger partial charge in [0.05, 0.1) is 5.69 Å². The fourth-order valence-corrected chi connectivity index (χ4v) is 1.33. The summed E-state index contributed by atoms with van der Waals surface area (Å²) in [7, 11) is 3.98. The van der Waals surface area contributed by atoms with Crippen molar-refractivity contribution in [3.8, 4) is 0 Å². The minimum atomic E-state index is 0.950. The number of hydrogen-bond acceptors (Lipinski definition) is 1. The summed E-state index contributed by atoms with van der Waals surface area (Å²) in [5.41, 5.74) is 1.92. The normalized spacial score (nSPS) is 11.7. The molecule has 3 nitrogen and oxygen atoms in total. The number of aryl methyl sites for hydroxylation is 2. The van der Waals surface area contributed by atoms with Gasteiger partial charge in [0, 0.05) is 25.4 Å². The maximum atomic E-state index is 4.53. The molecule has 0 aromatic carbocycles. The molecule has 0 fully saturated rings. The highest BCUT2D eigenvalue weighted by atomic mass is 15.0. The Morgan fingerprint density at radius 3 is 2.53 bits per heavy atom. The first-order chi connectivity index (χ1) is 7.25. The number of aromatic nitrogens is 2. The summed E-state index contributed by atoms with van der Waals surface area (Å²) in [5.74, 6) is 0. The zero-order valence-corrected chi connectivity index (χ0v) is 8.96. The Hall–Kier alpha value is -1.90. The van der Waals surface area contributed by atoms with E-state index in [-0.39, 0.29) is 0 Å². The first-order valence-electron chi connectivity index (χ1n) is 4.87. The minimum Gasteiger partial charge on any atom is -0.336 e. The predicted octanol–water partition coefficient (Wildman–Crippen LogP) is 1.08. The Balaban J connectivity index is 2.47. The van der Waals surface area contributed by atoms with E-state index in [2.05, 4.69) is 4.99 Å². The second-order valence-corrected chi connectivity index (χ2v) is 3.50. The third-order valence-electron chi connectivity index (χ3n) is 2.23. The van der Waals surface area contributed by atoms with Gasteiger partial charge in [0.1, 0.15) is 12.5 Å². The summed E-state index contributed by atoms with van der Waals surface area (Å²) in [6.45, 7) is 0. The number of nitrogens with zero attached hydrogens (tertiary/aromatic N) is 3. The van der Waals surface area contributed by atoms with Crippen molar-refractivity contribution in [3.05, 3.63) is 54.4 Å². The lowest BCUT2D eigenvalue weighted by Crippen LogP contribution is -2.25. The smallest absolute Gasteiger partial charge is 0.170 e. The van der Waals surface area contributed by atoms with Crippen LogP contribution in [-0.2, 0) is 14.1 Å². The van der Waals surface area contributed by atoms with Gasteiger partial charge in [0.15, 0.2) is 12.4 Å². The van der Waals surface area contributed by atoms with E-state index in [0.717, 1.165) is 11.2 Å². The molecule has 3 heteroatoms. The van der Waals surface area contributed by atoms with Gasteiger partial charge >= 0.3 is 0 Å². The fraction of sp³-hybridized carbons (Fsp3) is 0.167. The van der Waals surface area contributed by atoms with E-state index in [1.807, 2.05) is 72.2 Å². The van der Waals surface area contributed by atoms with E-state index in [4.69, 9.17) is 0 Å². The third kappa shape index (κ3) is 2.31. The third-order valence-corrected chi connectivity index (χ3v) is 2.23. The predicted molar refractivity (Wildman–Crippen MR) is 58.3 cm³/mol. The van der Waals surface area contributed by atoms with Gasteiger partial charge < -0.3 is 4.57 Å². The summed E-state index contributed by atoms with van der Waals surface area (Å²) < 4.78 is 3.98. The highest BCUT2D eigenvalue weighted by molar-refractivity contribution is 5.32. The molecule has 0 saturated carbocycles. The summed E-state index contributed by atoms with van der Waals surface area (Å²) >= 11 is 0. The fourth-order valence-electron chi connectivity index (χ4n) is 1.33. The summed E-state index contributed by atoms with van der Waals surface area (Å²) in [5, 5.41) is 0. The maximum Gasteiger partial charge on any atom is 0.170 e. The van der Waals surface area contributed by atoms with Crippen molar-refractivity contribution in [3.63, 3.8) is 0 Å². The molecule has 0 unspecified atom stereocenters. The highest BCUT2D eigenvalue weighted by Crippen LogP contribution is 2.05. The van der Waals surface area contributed by atoms with E-state index >= 15 is 0 Å². The van der Waals surface area contributed by atoms with Crippen LogP contribution in [0, 0.1) is 0 Å². The number of rotatable bonds is 1. The van der Waals surface area contributed by atoms with Gasteiger partial charge in [0.25, 0.3) is 0 Å². The lowest BCUT2D eigenvalue weighted by Gasteiger charge is -1.97. The van der Waals surface area contributed by atoms with Crippen molar-refractivity contribution in [1.29, 1.82) is 0 Å². The molecule has 2 aromatic heterocycles. The Morgan fingerprint density at radius 2 is 1.87 bits per heavy atom. The zero-order chi connectivity index (χ0) is 10.7. The average molecular weight is 200 g/mol. The molecule has 15 heavy (non-hydrogen) atoms. The lowest BCUT2D eigenvalue weighted by atomic mass is 10.4. The summed E-state index contributed by atoms with van der Waals surface area (Å²) in [6, 6.07) is 9.96. The van der Waals surface area contributed by atoms with Crippen molar-refractivity contribution < 1.29 is 4.57 Å². The van der Waals surface area contributed by atoms with Crippen molar-refractivity contribution in [1.82, 2.24) is 4.57 Å². The van der Waals surface area contributed by atoms with Crippen LogP contribution in [0.2, 0.25) is 0 Å². The van der Waals surface area contributed by atoms with Crippen LogP contribution in [-0.4, -0.2) is 4.57 Å². The van der Waals surface area contributed by atoms with Gasteiger partial charge in [-0.15, -0.1) is 0 Å². The van der Waals surface area contributed by atoms with Gasteiger partial charge in [-0.1, -0.05) is 6.07 Å². The zero-order valence-electron chi connectivity index (χ0n) is 8.96. The van der Waals surface area contributed by atoms with Gasteiger partial charge in [-0.25, -0.2) is 9.56 Å². The van der Waals surface area contributed by atoms with E-state index < -0.39 is 0 Å². The van der Waals surface area contributed by atoms with Crippen LogP contribution in [0.25, 0.3) is 0 Å². The molecule has 0 saturated heterocycles. The molecule has 0 radical (unpaired) electrons. The molecule has 2 rings (SSSR count). The molecule has 0 amide bonds. The summed E-state index contributed by atoms with van der Waals surface area (Å²) in [6.07, 6.45) is 5.96. The molecule has 0 aliphatic heterocycles. The van der Waals surface area contributed by atoms with Crippen LogP contribution in [0.3, 0.4) is 0 Å². The van der Waals surface area contributed by atoms with E-state index in [1.165, 1.54) is 0 Å². The molecule has 0 aliphatic carbocycles. The largest absolute Gasteiger partial charge is 0.336 e. The van der Waals surface area contributed by atoms with E-state index in [9.17, 15) is 0 Å². The van der Waals surface area contributed by atoms with E-state index in [0.29, 0.717) is 0 Å². The quantitative estimate of drug-likeness (QED) is 0.614. The SMILES string of the molecule is Cn1ccccc1=Nc1cc[n+](C)cc1. The Kier molecular flexibility index (Phi) is 2.63. The molecule has 76 valence electrons. The van der Waals surface area contributed by atoms with Gasteiger partial charge in [-0.2, -0.15) is 0 Å². The molecule has 0 atom stereocenters.